The molecule has 0 unspecified atom stereocenters. The number of fused-ring (bicyclic) bond motifs is 1. The molecule has 0 radical (unpaired) electrons. The van der Waals surface area contributed by atoms with E-state index in [0.29, 0.717) is 5.91 Å². The van der Waals surface area contributed by atoms with Crippen molar-refractivity contribution in [3.8, 4) is 0 Å². The first kappa shape index (κ1) is 13.9. The second kappa shape index (κ2) is 5.46. The lowest BCUT2D eigenvalue weighted by Crippen LogP contribution is -2.56. The van der Waals surface area contributed by atoms with Gasteiger partial charge >= 0.3 is 0 Å². The molecule has 2 aliphatic heterocycles. The largest absolute Gasteiger partial charge is 0.355 e. The van der Waals surface area contributed by atoms with Crippen LogP contribution in [0.3, 0.4) is 0 Å². The Morgan fingerprint density at radius 2 is 2.09 bits per heavy atom. The van der Waals surface area contributed by atoms with Gasteiger partial charge in [0, 0.05) is 55.5 Å². The van der Waals surface area contributed by atoms with Crippen LogP contribution < -0.4 is 4.90 Å². The van der Waals surface area contributed by atoms with Gasteiger partial charge in [0.1, 0.15) is 5.82 Å². The Morgan fingerprint density at radius 3 is 2.86 bits per heavy atom. The molecule has 116 valence electrons. The van der Waals surface area contributed by atoms with Crippen LogP contribution >= 0.6 is 11.8 Å². The number of amides is 1. The van der Waals surface area contributed by atoms with Crippen molar-refractivity contribution >= 4 is 29.1 Å². The fraction of sp³-hybridized carbons (Fsp3) is 0.533. The standard InChI is InChI=1S/C15H19N5OS/c1-11-8-14(20-13(17-11)2-3-16-20)19-9-12(10-19)15(21)18-4-6-22-7-5-18/h2-3,8,12H,4-7,9-10H2,1H3. The fourth-order valence-corrected chi connectivity index (χ4v) is 4.01. The number of carbonyl (C=O) groups excluding carboxylic acids is 1. The number of thioether (sulfide) groups is 1. The summed E-state index contributed by atoms with van der Waals surface area (Å²) < 4.78 is 1.85. The third kappa shape index (κ3) is 2.33. The molecule has 2 saturated heterocycles. The number of hydrogen-bond acceptors (Lipinski definition) is 5. The van der Waals surface area contributed by atoms with Gasteiger partial charge in [-0.25, -0.2) is 4.98 Å². The molecule has 0 N–H and O–H groups in total. The molecule has 4 heterocycles. The van der Waals surface area contributed by atoms with Crippen LogP contribution in [0.2, 0.25) is 0 Å². The van der Waals surface area contributed by atoms with E-state index in [9.17, 15) is 4.79 Å². The van der Waals surface area contributed by atoms with Crippen LogP contribution in [-0.4, -0.2) is 63.1 Å². The molecule has 6 nitrogen and oxygen atoms in total. The first-order valence-corrected chi connectivity index (χ1v) is 8.81. The smallest absolute Gasteiger partial charge is 0.229 e. The van der Waals surface area contributed by atoms with Crippen LogP contribution in [0.4, 0.5) is 5.82 Å². The van der Waals surface area contributed by atoms with Gasteiger partial charge in [0.05, 0.1) is 12.1 Å². The molecule has 0 spiro atoms. The molecule has 22 heavy (non-hydrogen) atoms. The summed E-state index contributed by atoms with van der Waals surface area (Å²) in [4.78, 5) is 21.2. The van der Waals surface area contributed by atoms with Crippen molar-refractivity contribution in [3.63, 3.8) is 0 Å². The highest BCUT2D eigenvalue weighted by Crippen LogP contribution is 2.27. The minimum absolute atomic E-state index is 0.127. The highest BCUT2D eigenvalue weighted by atomic mass is 32.2. The van der Waals surface area contributed by atoms with Gasteiger partial charge in [-0.15, -0.1) is 0 Å². The molecule has 2 aliphatic rings. The topological polar surface area (TPSA) is 53.7 Å². The number of anilines is 1. The maximum absolute atomic E-state index is 12.5. The van der Waals surface area contributed by atoms with Crippen molar-refractivity contribution < 1.29 is 4.79 Å². The zero-order valence-corrected chi connectivity index (χ0v) is 13.4. The second-order valence-electron chi connectivity index (χ2n) is 5.90. The molecule has 0 bridgehead atoms. The molecule has 2 aromatic rings. The molecular formula is C15H19N5OS. The zero-order valence-electron chi connectivity index (χ0n) is 12.6. The first-order chi connectivity index (χ1) is 10.7. The van der Waals surface area contributed by atoms with E-state index in [1.165, 1.54) is 0 Å². The maximum atomic E-state index is 12.5. The summed E-state index contributed by atoms with van der Waals surface area (Å²) in [5, 5.41) is 4.34. The Kier molecular flexibility index (Phi) is 3.44. The van der Waals surface area contributed by atoms with Crippen molar-refractivity contribution in [2.75, 3.05) is 42.6 Å². The summed E-state index contributed by atoms with van der Waals surface area (Å²) >= 11 is 1.93. The first-order valence-electron chi connectivity index (χ1n) is 7.65. The van der Waals surface area contributed by atoms with Gasteiger partial charge in [-0.1, -0.05) is 0 Å². The Hall–Kier alpha value is -1.76. The van der Waals surface area contributed by atoms with E-state index >= 15 is 0 Å². The van der Waals surface area contributed by atoms with Gasteiger partial charge in [0.25, 0.3) is 0 Å². The van der Waals surface area contributed by atoms with Crippen LogP contribution in [0.25, 0.3) is 5.65 Å². The summed E-state index contributed by atoms with van der Waals surface area (Å²) in [6.45, 7) is 5.35. The quantitative estimate of drug-likeness (QED) is 0.829. The highest BCUT2D eigenvalue weighted by molar-refractivity contribution is 7.99. The Balaban J connectivity index is 1.48. The molecule has 1 amide bonds. The molecule has 7 heteroatoms. The average Bonchev–Trinajstić information content (AvgIpc) is 2.94. The molecule has 0 aliphatic carbocycles. The normalized spacial score (nSPS) is 19.5. The molecular weight excluding hydrogens is 298 g/mol. The van der Waals surface area contributed by atoms with Crippen LogP contribution in [0.5, 0.6) is 0 Å². The fourth-order valence-electron chi connectivity index (χ4n) is 3.11. The molecule has 2 aromatic heterocycles. The molecule has 0 aromatic carbocycles. The molecule has 4 rings (SSSR count). The van der Waals surface area contributed by atoms with Crippen molar-refractivity contribution in [3.05, 3.63) is 24.0 Å². The summed E-state index contributed by atoms with van der Waals surface area (Å²) in [6, 6.07) is 3.95. The predicted octanol–water partition coefficient (Wildman–Crippen LogP) is 1.05. The highest BCUT2D eigenvalue weighted by Gasteiger charge is 2.36. The van der Waals surface area contributed by atoms with E-state index in [1.807, 2.05) is 40.2 Å². The van der Waals surface area contributed by atoms with Crippen LogP contribution in [-0.2, 0) is 4.79 Å². The van der Waals surface area contributed by atoms with E-state index in [2.05, 4.69) is 15.0 Å². The van der Waals surface area contributed by atoms with Crippen LogP contribution in [0, 0.1) is 12.8 Å². The van der Waals surface area contributed by atoms with E-state index < -0.39 is 0 Å². The van der Waals surface area contributed by atoms with E-state index in [1.54, 1.807) is 6.20 Å². The number of aryl methyl sites for hydroxylation is 1. The van der Waals surface area contributed by atoms with Gasteiger partial charge in [-0.2, -0.15) is 21.4 Å². The third-order valence-corrected chi connectivity index (χ3v) is 5.29. The third-order valence-electron chi connectivity index (χ3n) is 4.35. The number of carbonyl (C=O) groups is 1. The second-order valence-corrected chi connectivity index (χ2v) is 7.12. The minimum atomic E-state index is 0.127. The van der Waals surface area contributed by atoms with Crippen molar-refractivity contribution in [2.24, 2.45) is 5.92 Å². The summed E-state index contributed by atoms with van der Waals surface area (Å²) in [7, 11) is 0. The van der Waals surface area contributed by atoms with E-state index in [-0.39, 0.29) is 5.92 Å². The number of rotatable bonds is 2. The van der Waals surface area contributed by atoms with Crippen molar-refractivity contribution in [2.45, 2.75) is 6.92 Å². The Labute approximate surface area is 133 Å². The maximum Gasteiger partial charge on any atom is 0.229 e. The van der Waals surface area contributed by atoms with Gasteiger partial charge in [-0.05, 0) is 6.92 Å². The Morgan fingerprint density at radius 1 is 1.32 bits per heavy atom. The van der Waals surface area contributed by atoms with E-state index in [4.69, 9.17) is 0 Å². The summed E-state index contributed by atoms with van der Waals surface area (Å²) in [5.74, 6) is 3.62. The molecule has 0 atom stereocenters. The van der Waals surface area contributed by atoms with Gasteiger partial charge in [0.2, 0.25) is 5.91 Å². The van der Waals surface area contributed by atoms with Crippen LogP contribution in [0.1, 0.15) is 5.69 Å². The predicted molar refractivity (Wildman–Crippen MR) is 87.3 cm³/mol. The van der Waals surface area contributed by atoms with Crippen LogP contribution in [0.15, 0.2) is 18.3 Å². The van der Waals surface area contributed by atoms with Crippen molar-refractivity contribution in [1.29, 1.82) is 0 Å². The zero-order chi connectivity index (χ0) is 15.1. The summed E-state index contributed by atoms with van der Waals surface area (Å²) in [5.41, 5.74) is 1.84. The number of hydrogen-bond donors (Lipinski definition) is 0. The summed E-state index contributed by atoms with van der Waals surface area (Å²) in [6.07, 6.45) is 1.76. The van der Waals surface area contributed by atoms with Crippen molar-refractivity contribution in [1.82, 2.24) is 19.5 Å². The van der Waals surface area contributed by atoms with Gasteiger partial charge in [-0.3, -0.25) is 4.79 Å². The Bertz CT molecular complexity index is 703. The minimum Gasteiger partial charge on any atom is -0.355 e. The van der Waals surface area contributed by atoms with E-state index in [0.717, 1.165) is 54.8 Å². The lowest BCUT2D eigenvalue weighted by molar-refractivity contribution is -0.135. The number of nitrogens with zero attached hydrogens (tertiary/aromatic N) is 5. The average molecular weight is 317 g/mol. The SMILES string of the molecule is Cc1cc(N2CC(C(=O)N3CCSCC3)C2)n2nccc2n1. The molecule has 0 saturated carbocycles. The monoisotopic (exact) mass is 317 g/mol. The number of aromatic nitrogens is 3. The lowest BCUT2D eigenvalue weighted by atomic mass is 9.98. The van der Waals surface area contributed by atoms with Gasteiger partial charge in [0.15, 0.2) is 5.65 Å². The molecule has 2 fully saturated rings. The lowest BCUT2D eigenvalue weighted by Gasteiger charge is -2.42. The van der Waals surface area contributed by atoms with Gasteiger partial charge < -0.3 is 9.80 Å².